The Bertz CT molecular complexity index is 1490. The molecule has 1 fully saturated rings. The molecule has 224 valence electrons. The number of sulfonamides is 1. The number of halogens is 2. The predicted molar refractivity (Wildman–Crippen MR) is 155 cm³/mol. The summed E-state index contributed by atoms with van der Waals surface area (Å²) in [4.78, 5) is 30.0. The van der Waals surface area contributed by atoms with Crippen LogP contribution in [0.5, 0.6) is 5.75 Å². The van der Waals surface area contributed by atoms with E-state index in [0.717, 1.165) is 23.8 Å². The van der Waals surface area contributed by atoms with Gasteiger partial charge < -0.3 is 15.0 Å². The maximum atomic E-state index is 13.9. The fourth-order valence-corrected chi connectivity index (χ4v) is 6.18. The van der Waals surface area contributed by atoms with Gasteiger partial charge in [-0.05, 0) is 61.0 Å². The highest BCUT2D eigenvalue weighted by Crippen LogP contribution is 2.21. The van der Waals surface area contributed by atoms with Crippen LogP contribution in [0.1, 0.15) is 11.1 Å². The van der Waals surface area contributed by atoms with Crippen molar-refractivity contribution in [3.05, 3.63) is 89.5 Å². The van der Waals surface area contributed by atoms with Gasteiger partial charge >= 0.3 is 0 Å². The third-order valence-corrected chi connectivity index (χ3v) is 9.06. The standard InChI is InChI=1S/C30H34F2N4O5S/c1-21-4-10-27(11-5-21)42(39,40)36-14-12-35(13-15-36)20-29(37)33-28(18-22-16-23(31)19-24(32)17-22)30(38)34(2)25-6-8-26(41-3)9-7-25/h4-11,16-17,19,28H,12-15,18,20H2,1-3H3,(H,33,37)/t28-/m0/s1. The van der Waals surface area contributed by atoms with E-state index in [0.29, 0.717) is 24.5 Å². The van der Waals surface area contributed by atoms with E-state index in [-0.39, 0.29) is 36.5 Å². The Hall–Kier alpha value is -3.87. The quantitative estimate of drug-likeness (QED) is 0.384. The number of nitrogens with one attached hydrogen (secondary N) is 1. The molecule has 0 spiro atoms. The summed E-state index contributed by atoms with van der Waals surface area (Å²) in [5, 5.41) is 2.72. The molecule has 0 aliphatic carbocycles. The van der Waals surface area contributed by atoms with Gasteiger partial charge in [-0.25, -0.2) is 17.2 Å². The number of nitrogens with zero attached hydrogens (tertiary/aromatic N) is 3. The molecule has 3 aromatic carbocycles. The van der Waals surface area contributed by atoms with Crippen LogP contribution >= 0.6 is 0 Å². The van der Waals surface area contributed by atoms with Crippen molar-refractivity contribution in [1.29, 1.82) is 0 Å². The zero-order chi connectivity index (χ0) is 30.4. The number of anilines is 1. The average Bonchev–Trinajstić information content (AvgIpc) is 2.96. The molecule has 1 heterocycles. The van der Waals surface area contributed by atoms with E-state index >= 15 is 0 Å². The third-order valence-electron chi connectivity index (χ3n) is 7.14. The smallest absolute Gasteiger partial charge is 0.249 e. The summed E-state index contributed by atoms with van der Waals surface area (Å²) in [5.74, 6) is -1.92. The van der Waals surface area contributed by atoms with E-state index in [1.54, 1.807) is 60.5 Å². The number of piperazine rings is 1. The minimum absolute atomic E-state index is 0.0774. The van der Waals surface area contributed by atoms with Gasteiger partial charge in [0.1, 0.15) is 23.4 Å². The number of carbonyl (C=O) groups excluding carboxylic acids is 2. The Morgan fingerprint density at radius 3 is 2.12 bits per heavy atom. The normalized spacial score (nSPS) is 15.2. The van der Waals surface area contributed by atoms with Crippen LogP contribution in [0.25, 0.3) is 0 Å². The van der Waals surface area contributed by atoms with Crippen molar-refractivity contribution < 1.29 is 31.5 Å². The first-order chi connectivity index (χ1) is 20.0. The van der Waals surface area contributed by atoms with Gasteiger partial charge in [-0.1, -0.05) is 17.7 Å². The van der Waals surface area contributed by atoms with Crippen LogP contribution in [0.4, 0.5) is 14.5 Å². The molecule has 1 aliphatic rings. The zero-order valence-electron chi connectivity index (χ0n) is 23.7. The highest BCUT2D eigenvalue weighted by Gasteiger charge is 2.30. The monoisotopic (exact) mass is 600 g/mol. The predicted octanol–water partition coefficient (Wildman–Crippen LogP) is 2.98. The van der Waals surface area contributed by atoms with Gasteiger partial charge in [-0.3, -0.25) is 14.5 Å². The van der Waals surface area contributed by atoms with E-state index in [4.69, 9.17) is 4.74 Å². The maximum absolute atomic E-state index is 13.9. The number of benzene rings is 3. The molecule has 1 N–H and O–H groups in total. The summed E-state index contributed by atoms with van der Waals surface area (Å²) >= 11 is 0. The molecule has 42 heavy (non-hydrogen) atoms. The summed E-state index contributed by atoms with van der Waals surface area (Å²) < 4.78 is 60.4. The van der Waals surface area contributed by atoms with Gasteiger partial charge in [-0.2, -0.15) is 4.31 Å². The van der Waals surface area contributed by atoms with Gasteiger partial charge in [0, 0.05) is 51.4 Å². The Kier molecular flexibility index (Phi) is 9.92. The van der Waals surface area contributed by atoms with Crippen molar-refractivity contribution in [3.63, 3.8) is 0 Å². The van der Waals surface area contributed by atoms with Gasteiger partial charge in [0.05, 0.1) is 18.6 Å². The number of rotatable bonds is 10. The van der Waals surface area contributed by atoms with Crippen molar-refractivity contribution in [2.75, 3.05) is 51.8 Å². The van der Waals surface area contributed by atoms with Gasteiger partial charge in [-0.15, -0.1) is 0 Å². The maximum Gasteiger partial charge on any atom is 0.249 e. The lowest BCUT2D eigenvalue weighted by atomic mass is 10.0. The summed E-state index contributed by atoms with van der Waals surface area (Å²) in [7, 11) is -0.587. The molecular formula is C30H34F2N4O5S. The van der Waals surface area contributed by atoms with Crippen molar-refractivity contribution in [1.82, 2.24) is 14.5 Å². The molecule has 0 aromatic heterocycles. The van der Waals surface area contributed by atoms with Crippen molar-refractivity contribution >= 4 is 27.5 Å². The number of aryl methyl sites for hydroxylation is 1. The van der Waals surface area contributed by atoms with E-state index < -0.39 is 39.5 Å². The van der Waals surface area contributed by atoms with Gasteiger partial charge in [0.25, 0.3) is 0 Å². The SMILES string of the molecule is COc1ccc(N(C)C(=O)[C@H](Cc2cc(F)cc(F)c2)NC(=O)CN2CCN(S(=O)(=O)c3ccc(C)cc3)CC2)cc1. The molecule has 0 saturated carbocycles. The summed E-state index contributed by atoms with van der Waals surface area (Å²) in [6.07, 6.45) is -0.137. The molecule has 4 rings (SSSR count). The van der Waals surface area contributed by atoms with Crippen molar-refractivity contribution in [3.8, 4) is 5.75 Å². The van der Waals surface area contributed by atoms with Crippen molar-refractivity contribution in [2.24, 2.45) is 0 Å². The molecule has 0 radical (unpaired) electrons. The third kappa shape index (κ3) is 7.69. The second kappa shape index (κ2) is 13.4. The lowest BCUT2D eigenvalue weighted by Gasteiger charge is -2.34. The summed E-state index contributed by atoms with van der Waals surface area (Å²) in [6, 6.07) is 15.3. The topological polar surface area (TPSA) is 99.3 Å². The Labute approximate surface area is 244 Å². The molecule has 12 heteroatoms. The van der Waals surface area contributed by atoms with E-state index in [1.807, 2.05) is 6.92 Å². The Morgan fingerprint density at radius 2 is 1.55 bits per heavy atom. The molecule has 1 saturated heterocycles. The molecule has 9 nitrogen and oxygen atoms in total. The molecule has 0 bridgehead atoms. The van der Waals surface area contributed by atoms with Crippen LogP contribution < -0.4 is 15.0 Å². The molecule has 1 aliphatic heterocycles. The number of carbonyl (C=O) groups is 2. The minimum Gasteiger partial charge on any atom is -0.497 e. The number of hydrogen-bond donors (Lipinski definition) is 1. The number of hydrogen-bond acceptors (Lipinski definition) is 6. The fourth-order valence-electron chi connectivity index (χ4n) is 4.76. The Balaban J connectivity index is 1.42. The lowest BCUT2D eigenvalue weighted by Crippen LogP contribution is -2.54. The van der Waals surface area contributed by atoms with Crippen molar-refractivity contribution in [2.45, 2.75) is 24.3 Å². The highest BCUT2D eigenvalue weighted by atomic mass is 32.2. The lowest BCUT2D eigenvalue weighted by molar-refractivity contribution is -0.128. The van der Waals surface area contributed by atoms with Crippen LogP contribution in [-0.4, -0.2) is 82.4 Å². The van der Waals surface area contributed by atoms with Crippen LogP contribution in [0.3, 0.4) is 0 Å². The molecule has 0 unspecified atom stereocenters. The number of likely N-dealkylation sites (N-methyl/N-ethyl adjacent to an activating group) is 1. The van der Waals surface area contributed by atoms with E-state index in [2.05, 4.69) is 5.32 Å². The first kappa shape index (κ1) is 31.1. The zero-order valence-corrected chi connectivity index (χ0v) is 24.5. The van der Waals surface area contributed by atoms with Crippen LogP contribution in [0, 0.1) is 18.6 Å². The molecule has 3 aromatic rings. The number of methoxy groups -OCH3 is 1. The van der Waals surface area contributed by atoms with E-state index in [9.17, 15) is 26.8 Å². The molecule has 2 amide bonds. The van der Waals surface area contributed by atoms with Gasteiger partial charge in [0.2, 0.25) is 21.8 Å². The van der Waals surface area contributed by atoms with E-state index in [1.165, 1.54) is 16.3 Å². The number of ether oxygens (including phenoxy) is 1. The summed E-state index contributed by atoms with van der Waals surface area (Å²) in [6.45, 7) is 2.84. The van der Waals surface area contributed by atoms with Crippen LogP contribution in [-0.2, 0) is 26.0 Å². The molecule has 1 atom stereocenters. The first-order valence-corrected chi connectivity index (χ1v) is 14.9. The fraction of sp³-hybridized carbons (Fsp3) is 0.333. The van der Waals surface area contributed by atoms with Gasteiger partial charge in [0.15, 0.2) is 0 Å². The second-order valence-electron chi connectivity index (χ2n) is 10.2. The highest BCUT2D eigenvalue weighted by molar-refractivity contribution is 7.89. The minimum atomic E-state index is -3.66. The first-order valence-electron chi connectivity index (χ1n) is 13.4. The Morgan fingerprint density at radius 1 is 0.952 bits per heavy atom. The average molecular weight is 601 g/mol. The molecular weight excluding hydrogens is 566 g/mol. The number of amides is 2. The second-order valence-corrected chi connectivity index (χ2v) is 12.1. The largest absolute Gasteiger partial charge is 0.497 e. The summed E-state index contributed by atoms with van der Waals surface area (Å²) in [5.41, 5.74) is 1.71. The van der Waals surface area contributed by atoms with Crippen LogP contribution in [0.2, 0.25) is 0 Å². The van der Waals surface area contributed by atoms with Crippen LogP contribution in [0.15, 0.2) is 71.6 Å².